The van der Waals surface area contributed by atoms with Crippen molar-refractivity contribution in [2.24, 2.45) is 5.92 Å². The summed E-state index contributed by atoms with van der Waals surface area (Å²) in [4.78, 5) is 0. The lowest BCUT2D eigenvalue weighted by molar-refractivity contribution is -0.184. The van der Waals surface area contributed by atoms with Crippen molar-refractivity contribution >= 4 is 11.8 Å². The number of alkyl halides is 3. The summed E-state index contributed by atoms with van der Waals surface area (Å²) in [5.41, 5.74) is -0.00131. The fraction of sp³-hybridized carbons (Fsp3) is 1.00. The summed E-state index contributed by atoms with van der Waals surface area (Å²) < 4.78 is 44.6. The molecule has 2 saturated heterocycles. The molecule has 6 heteroatoms. The molecule has 3 fully saturated rings. The molecule has 0 unspecified atom stereocenters. The summed E-state index contributed by atoms with van der Waals surface area (Å²) in [6.07, 6.45) is 1.08. The van der Waals surface area contributed by atoms with E-state index in [1.54, 1.807) is 0 Å². The summed E-state index contributed by atoms with van der Waals surface area (Å²) in [7, 11) is 0. The second kappa shape index (κ2) is 6.28. The van der Waals surface area contributed by atoms with Crippen molar-refractivity contribution in [2.45, 2.75) is 68.8 Å². The summed E-state index contributed by atoms with van der Waals surface area (Å²) in [5.74, 6) is 1.08. The Morgan fingerprint density at radius 2 is 2.00 bits per heavy atom. The first-order valence-electron chi connectivity index (χ1n) is 8.01. The molecule has 0 aromatic rings. The van der Waals surface area contributed by atoms with Crippen LogP contribution in [-0.2, 0) is 4.74 Å². The van der Waals surface area contributed by atoms with Gasteiger partial charge in [0, 0.05) is 24.4 Å². The highest BCUT2D eigenvalue weighted by molar-refractivity contribution is 7.99. The normalized spacial score (nSPS) is 41.6. The highest BCUT2D eigenvalue weighted by Gasteiger charge is 2.44. The lowest BCUT2D eigenvalue weighted by Crippen LogP contribution is -2.51. The monoisotopic (exact) mass is 323 g/mol. The fourth-order valence-electron chi connectivity index (χ4n) is 4.01. The summed E-state index contributed by atoms with van der Waals surface area (Å²) in [5, 5.41) is 3.52. The van der Waals surface area contributed by atoms with E-state index < -0.39 is 12.1 Å². The van der Waals surface area contributed by atoms with E-state index in [-0.39, 0.29) is 18.1 Å². The van der Waals surface area contributed by atoms with Crippen molar-refractivity contribution in [2.75, 3.05) is 18.1 Å². The molecule has 2 aliphatic heterocycles. The second-order valence-corrected chi connectivity index (χ2v) is 7.90. The maximum Gasteiger partial charge on any atom is 0.391 e. The number of rotatable bonds is 2. The third-order valence-corrected chi connectivity index (χ3v) is 6.39. The predicted octanol–water partition coefficient (Wildman–Crippen LogP) is 3.75. The quantitative estimate of drug-likeness (QED) is 0.836. The Hall–Kier alpha value is 0.0600. The van der Waals surface area contributed by atoms with E-state index in [0.29, 0.717) is 18.9 Å². The van der Waals surface area contributed by atoms with E-state index in [1.165, 1.54) is 0 Å². The van der Waals surface area contributed by atoms with Crippen molar-refractivity contribution in [1.29, 1.82) is 0 Å². The number of ether oxygens (including phenoxy) is 1. The Morgan fingerprint density at radius 1 is 1.14 bits per heavy atom. The van der Waals surface area contributed by atoms with Gasteiger partial charge in [-0.05, 0) is 44.3 Å². The molecule has 1 spiro atoms. The van der Waals surface area contributed by atoms with Crippen molar-refractivity contribution < 1.29 is 17.9 Å². The maximum atomic E-state index is 12.9. The van der Waals surface area contributed by atoms with Crippen LogP contribution in [0.3, 0.4) is 0 Å². The third kappa shape index (κ3) is 3.88. The number of nitrogens with one attached hydrogen (secondary N) is 1. The first-order valence-corrected chi connectivity index (χ1v) is 9.17. The van der Waals surface area contributed by atoms with E-state index in [2.05, 4.69) is 5.32 Å². The van der Waals surface area contributed by atoms with Crippen molar-refractivity contribution in [3.63, 3.8) is 0 Å². The molecular formula is C15H24F3NOS. The van der Waals surface area contributed by atoms with Gasteiger partial charge >= 0.3 is 6.18 Å². The standard InChI is InChI=1S/C15H24F3NOS/c16-15(17,18)11-2-1-3-12(8-11)19-13-4-6-20-14(9-13)5-7-21-10-14/h11-13,19H,1-10H2/t11-,12+,13-,14+/m1/s1. The number of hydrogen-bond acceptors (Lipinski definition) is 3. The topological polar surface area (TPSA) is 21.3 Å². The molecule has 1 saturated carbocycles. The van der Waals surface area contributed by atoms with Gasteiger partial charge in [0.1, 0.15) is 0 Å². The molecule has 3 aliphatic rings. The van der Waals surface area contributed by atoms with Gasteiger partial charge in [0.05, 0.1) is 11.5 Å². The van der Waals surface area contributed by atoms with Gasteiger partial charge in [0.25, 0.3) is 0 Å². The SMILES string of the molecule is FC(F)(F)[C@@H]1CCC[C@H](N[C@@H]2CCO[C@@]3(CCSC3)C2)C1. The van der Waals surface area contributed by atoms with Crippen LogP contribution in [0.25, 0.3) is 0 Å². The first kappa shape index (κ1) is 15.9. The van der Waals surface area contributed by atoms with Gasteiger partial charge in [-0.3, -0.25) is 0 Å². The van der Waals surface area contributed by atoms with Gasteiger partial charge in [-0.15, -0.1) is 0 Å². The summed E-state index contributed by atoms with van der Waals surface area (Å²) in [6.45, 7) is 0.744. The van der Waals surface area contributed by atoms with Crippen LogP contribution in [0.4, 0.5) is 13.2 Å². The zero-order valence-electron chi connectivity index (χ0n) is 12.3. The fourth-order valence-corrected chi connectivity index (χ4v) is 5.38. The van der Waals surface area contributed by atoms with Crippen molar-refractivity contribution in [3.8, 4) is 0 Å². The van der Waals surface area contributed by atoms with Gasteiger partial charge in [-0.2, -0.15) is 24.9 Å². The molecule has 0 aromatic carbocycles. The number of thioether (sulfide) groups is 1. The molecule has 3 rings (SSSR count). The average molecular weight is 323 g/mol. The molecule has 21 heavy (non-hydrogen) atoms. The smallest absolute Gasteiger partial charge is 0.374 e. The van der Waals surface area contributed by atoms with Crippen LogP contribution in [-0.4, -0.2) is 42.0 Å². The van der Waals surface area contributed by atoms with Gasteiger partial charge in [-0.1, -0.05) is 6.42 Å². The highest BCUT2D eigenvalue weighted by atomic mass is 32.2. The molecule has 1 N–H and O–H groups in total. The Kier molecular flexibility index (Phi) is 4.77. The minimum absolute atomic E-state index is 0.00131. The molecule has 4 atom stereocenters. The van der Waals surface area contributed by atoms with Crippen LogP contribution in [0.2, 0.25) is 0 Å². The van der Waals surface area contributed by atoms with E-state index >= 15 is 0 Å². The van der Waals surface area contributed by atoms with E-state index in [1.807, 2.05) is 11.8 Å². The van der Waals surface area contributed by atoms with E-state index in [4.69, 9.17) is 4.74 Å². The Labute approximate surface area is 128 Å². The molecule has 1 aliphatic carbocycles. The molecule has 2 nitrogen and oxygen atoms in total. The Bertz CT molecular complexity index is 357. The lowest BCUT2D eigenvalue weighted by atomic mass is 9.83. The predicted molar refractivity (Wildman–Crippen MR) is 78.6 cm³/mol. The Morgan fingerprint density at radius 3 is 2.71 bits per heavy atom. The Balaban J connectivity index is 1.53. The lowest BCUT2D eigenvalue weighted by Gasteiger charge is -2.41. The highest BCUT2D eigenvalue weighted by Crippen LogP contribution is 2.40. The largest absolute Gasteiger partial charge is 0.391 e. The van der Waals surface area contributed by atoms with Crippen LogP contribution < -0.4 is 5.32 Å². The average Bonchev–Trinajstić information content (AvgIpc) is 2.86. The molecule has 0 aromatic heterocycles. The zero-order chi connectivity index (χ0) is 14.9. The molecular weight excluding hydrogens is 299 g/mol. The summed E-state index contributed by atoms with van der Waals surface area (Å²) in [6, 6.07) is 0.356. The molecule has 2 heterocycles. The second-order valence-electron chi connectivity index (χ2n) is 6.79. The molecule has 0 amide bonds. The molecule has 122 valence electrons. The number of hydrogen-bond donors (Lipinski definition) is 1. The van der Waals surface area contributed by atoms with Crippen LogP contribution in [0.1, 0.15) is 44.9 Å². The van der Waals surface area contributed by atoms with Gasteiger partial charge < -0.3 is 10.1 Å². The van der Waals surface area contributed by atoms with Crippen molar-refractivity contribution in [3.05, 3.63) is 0 Å². The number of halogens is 3. The molecule has 0 radical (unpaired) electrons. The van der Waals surface area contributed by atoms with E-state index in [9.17, 15) is 13.2 Å². The zero-order valence-corrected chi connectivity index (χ0v) is 13.1. The van der Waals surface area contributed by atoms with Gasteiger partial charge in [0.15, 0.2) is 0 Å². The van der Waals surface area contributed by atoms with Gasteiger partial charge in [-0.25, -0.2) is 0 Å². The van der Waals surface area contributed by atoms with Crippen LogP contribution in [0.15, 0.2) is 0 Å². The van der Waals surface area contributed by atoms with Crippen LogP contribution in [0.5, 0.6) is 0 Å². The minimum atomic E-state index is -4.03. The van der Waals surface area contributed by atoms with Crippen LogP contribution in [0, 0.1) is 5.92 Å². The molecule has 0 bridgehead atoms. The van der Waals surface area contributed by atoms with Gasteiger partial charge in [0.2, 0.25) is 0 Å². The summed E-state index contributed by atoms with van der Waals surface area (Å²) >= 11 is 1.93. The maximum absolute atomic E-state index is 12.9. The first-order chi connectivity index (χ1) is 9.97. The van der Waals surface area contributed by atoms with E-state index in [0.717, 1.165) is 43.8 Å². The van der Waals surface area contributed by atoms with Crippen LogP contribution >= 0.6 is 11.8 Å². The minimum Gasteiger partial charge on any atom is -0.374 e. The third-order valence-electron chi connectivity index (χ3n) is 5.17. The van der Waals surface area contributed by atoms with Crippen molar-refractivity contribution in [1.82, 2.24) is 5.32 Å².